The number of carbonyl (C=O) groups is 3. The lowest BCUT2D eigenvalue weighted by Crippen LogP contribution is -2.47. The van der Waals surface area contributed by atoms with Crippen molar-refractivity contribution in [1.82, 2.24) is 4.90 Å². The first kappa shape index (κ1) is 18.8. The quantitative estimate of drug-likeness (QED) is 0.425. The van der Waals surface area contributed by atoms with E-state index in [0.29, 0.717) is 0 Å². The molecule has 0 spiro atoms. The molecule has 0 radical (unpaired) electrons. The molecule has 2 aromatic carbocycles. The van der Waals surface area contributed by atoms with Crippen molar-refractivity contribution in [2.75, 3.05) is 12.0 Å². The van der Waals surface area contributed by atoms with Crippen molar-refractivity contribution in [3.8, 4) is 5.75 Å². The van der Waals surface area contributed by atoms with Crippen LogP contribution in [0.2, 0.25) is 0 Å². The lowest BCUT2D eigenvalue weighted by atomic mass is 10.1. The summed E-state index contributed by atoms with van der Waals surface area (Å²) in [6, 6.07) is 13.0. The number of rotatable bonds is 6. The highest BCUT2D eigenvalue weighted by molar-refractivity contribution is 7.90. The topological polar surface area (TPSA) is 97.8 Å². The minimum Gasteiger partial charge on any atom is -0.425 e. The molecule has 27 heavy (non-hydrogen) atoms. The number of carbonyl (C=O) groups excluding carboxylic acids is 3. The van der Waals surface area contributed by atoms with Gasteiger partial charge in [0.2, 0.25) is 0 Å². The lowest BCUT2D eigenvalue weighted by Gasteiger charge is -2.24. The molecule has 8 heteroatoms. The highest BCUT2D eigenvalue weighted by Gasteiger charge is 2.43. The number of para-hydroxylation sites is 1. The predicted octanol–water partition coefficient (Wildman–Crippen LogP) is 1.69. The molecule has 1 aliphatic rings. The minimum atomic E-state index is -3.41. The van der Waals surface area contributed by atoms with E-state index in [1.165, 1.54) is 12.1 Å². The molecule has 0 saturated heterocycles. The molecule has 0 aliphatic carbocycles. The van der Waals surface area contributed by atoms with Gasteiger partial charge in [0.1, 0.15) is 21.6 Å². The van der Waals surface area contributed by atoms with Crippen molar-refractivity contribution in [3.63, 3.8) is 0 Å². The second-order valence-electron chi connectivity index (χ2n) is 6.19. The molecule has 0 unspecified atom stereocenters. The van der Waals surface area contributed by atoms with Crippen LogP contribution < -0.4 is 4.74 Å². The minimum absolute atomic E-state index is 0.180. The number of benzene rings is 2. The summed E-state index contributed by atoms with van der Waals surface area (Å²) in [6.45, 7) is 0. The summed E-state index contributed by atoms with van der Waals surface area (Å²) >= 11 is 0. The van der Waals surface area contributed by atoms with Crippen molar-refractivity contribution < 1.29 is 27.5 Å². The highest BCUT2D eigenvalue weighted by Crippen LogP contribution is 2.26. The summed E-state index contributed by atoms with van der Waals surface area (Å²) in [7, 11) is -3.41. The third kappa shape index (κ3) is 4.06. The third-order valence-corrected chi connectivity index (χ3v) is 5.11. The zero-order valence-electron chi connectivity index (χ0n) is 14.5. The number of hydrogen-bond donors (Lipinski definition) is 0. The molecule has 0 bridgehead atoms. The third-order valence-electron chi connectivity index (χ3n) is 4.13. The number of nitrogens with zero attached hydrogens (tertiary/aromatic N) is 1. The van der Waals surface area contributed by atoms with Gasteiger partial charge in [-0.25, -0.2) is 13.2 Å². The van der Waals surface area contributed by atoms with Gasteiger partial charge in [-0.1, -0.05) is 30.3 Å². The zero-order chi connectivity index (χ0) is 19.6. The maximum Gasteiger partial charge on any atom is 0.334 e. The SMILES string of the molecule is CS(=O)(=O)CC[C@@H](C(=O)Oc1ccccc1)N1C(=O)c2ccccc2C1=O. The molecule has 0 saturated carbocycles. The number of fused-ring (bicyclic) bond motifs is 1. The van der Waals surface area contributed by atoms with Crippen LogP contribution in [0.4, 0.5) is 0 Å². The van der Waals surface area contributed by atoms with Crippen LogP contribution in [0.25, 0.3) is 0 Å². The molecule has 0 fully saturated rings. The fourth-order valence-electron chi connectivity index (χ4n) is 2.84. The van der Waals surface area contributed by atoms with Crippen LogP contribution in [0.5, 0.6) is 5.75 Å². The normalized spacial score (nSPS) is 14.8. The van der Waals surface area contributed by atoms with Crippen LogP contribution in [-0.4, -0.2) is 49.2 Å². The summed E-state index contributed by atoms with van der Waals surface area (Å²) in [4.78, 5) is 38.8. The number of imide groups is 1. The monoisotopic (exact) mass is 387 g/mol. The van der Waals surface area contributed by atoms with E-state index in [9.17, 15) is 22.8 Å². The van der Waals surface area contributed by atoms with Gasteiger partial charge in [-0.15, -0.1) is 0 Å². The Balaban J connectivity index is 1.91. The van der Waals surface area contributed by atoms with Crippen LogP contribution in [-0.2, 0) is 14.6 Å². The summed E-state index contributed by atoms with van der Waals surface area (Å²) in [5.41, 5.74) is 0.360. The van der Waals surface area contributed by atoms with E-state index in [4.69, 9.17) is 4.74 Å². The van der Waals surface area contributed by atoms with Crippen molar-refractivity contribution >= 4 is 27.6 Å². The molecule has 2 aromatic rings. The Labute approximate surface area is 156 Å². The first-order chi connectivity index (χ1) is 12.8. The van der Waals surface area contributed by atoms with E-state index < -0.39 is 33.7 Å². The van der Waals surface area contributed by atoms with Gasteiger partial charge < -0.3 is 4.74 Å². The molecule has 0 aromatic heterocycles. The van der Waals surface area contributed by atoms with Crippen LogP contribution in [0.1, 0.15) is 27.1 Å². The molecular formula is C19H17NO6S. The van der Waals surface area contributed by atoms with Gasteiger partial charge >= 0.3 is 5.97 Å². The second kappa shape index (κ2) is 7.32. The Hall–Kier alpha value is -3.00. The summed E-state index contributed by atoms with van der Waals surface area (Å²) < 4.78 is 28.4. The van der Waals surface area contributed by atoms with E-state index in [2.05, 4.69) is 0 Å². The van der Waals surface area contributed by atoms with Gasteiger partial charge in [-0.3, -0.25) is 14.5 Å². The van der Waals surface area contributed by atoms with Crippen LogP contribution in [0.15, 0.2) is 54.6 Å². The second-order valence-corrected chi connectivity index (χ2v) is 8.45. The van der Waals surface area contributed by atoms with Crippen molar-refractivity contribution in [2.45, 2.75) is 12.5 Å². The number of ether oxygens (including phenoxy) is 1. The van der Waals surface area contributed by atoms with E-state index >= 15 is 0 Å². The summed E-state index contributed by atoms with van der Waals surface area (Å²) in [6.07, 6.45) is 0.783. The maximum atomic E-state index is 12.7. The number of esters is 1. The van der Waals surface area contributed by atoms with Crippen LogP contribution in [0.3, 0.4) is 0 Å². The largest absolute Gasteiger partial charge is 0.425 e. The van der Waals surface area contributed by atoms with Gasteiger partial charge in [0.05, 0.1) is 16.9 Å². The summed E-state index contributed by atoms with van der Waals surface area (Å²) in [5, 5.41) is 0. The molecule has 1 atom stereocenters. The van der Waals surface area contributed by atoms with Gasteiger partial charge in [-0.05, 0) is 30.7 Å². The van der Waals surface area contributed by atoms with Crippen molar-refractivity contribution in [1.29, 1.82) is 0 Å². The molecule has 140 valence electrons. The van der Waals surface area contributed by atoms with E-state index in [-0.39, 0.29) is 29.1 Å². The van der Waals surface area contributed by atoms with Crippen LogP contribution in [0, 0.1) is 0 Å². The first-order valence-corrected chi connectivity index (χ1v) is 10.3. The lowest BCUT2D eigenvalue weighted by molar-refractivity contribution is -0.138. The van der Waals surface area contributed by atoms with Crippen molar-refractivity contribution in [3.05, 3.63) is 65.7 Å². The standard InChI is InChI=1S/C19H17NO6S/c1-27(24,25)12-11-16(19(23)26-13-7-3-2-4-8-13)20-17(21)14-9-5-6-10-15(14)18(20)22/h2-10,16H,11-12H2,1H3/t16-/m0/s1. The highest BCUT2D eigenvalue weighted by atomic mass is 32.2. The number of amides is 2. The van der Waals surface area contributed by atoms with E-state index in [1.54, 1.807) is 42.5 Å². The van der Waals surface area contributed by atoms with Gasteiger partial charge in [0.15, 0.2) is 0 Å². The Morgan fingerprint density at radius 1 is 0.963 bits per heavy atom. The average molecular weight is 387 g/mol. The number of sulfone groups is 1. The van der Waals surface area contributed by atoms with E-state index in [1.807, 2.05) is 0 Å². The Kier molecular flexibility index (Phi) is 5.09. The zero-order valence-corrected chi connectivity index (χ0v) is 15.3. The van der Waals surface area contributed by atoms with Gasteiger partial charge in [0.25, 0.3) is 11.8 Å². The van der Waals surface area contributed by atoms with Crippen molar-refractivity contribution in [2.24, 2.45) is 0 Å². The molecule has 2 amide bonds. The van der Waals surface area contributed by atoms with E-state index in [0.717, 1.165) is 11.2 Å². The fourth-order valence-corrected chi connectivity index (χ4v) is 3.49. The fraction of sp³-hybridized carbons (Fsp3) is 0.211. The molecule has 3 rings (SSSR count). The number of hydrogen-bond acceptors (Lipinski definition) is 6. The van der Waals surface area contributed by atoms with Gasteiger partial charge in [0, 0.05) is 6.26 Å². The average Bonchev–Trinajstić information content (AvgIpc) is 2.87. The molecule has 0 N–H and O–H groups in total. The molecule has 1 heterocycles. The summed E-state index contributed by atoms with van der Waals surface area (Å²) in [5.74, 6) is -2.27. The molecule has 7 nitrogen and oxygen atoms in total. The molecule has 1 aliphatic heterocycles. The Bertz CT molecular complexity index is 965. The molecular weight excluding hydrogens is 370 g/mol. The maximum absolute atomic E-state index is 12.7. The first-order valence-electron chi connectivity index (χ1n) is 8.19. The Morgan fingerprint density at radius 3 is 2.00 bits per heavy atom. The Morgan fingerprint density at radius 2 is 1.48 bits per heavy atom. The smallest absolute Gasteiger partial charge is 0.334 e. The van der Waals surface area contributed by atoms with Gasteiger partial charge in [-0.2, -0.15) is 0 Å². The predicted molar refractivity (Wildman–Crippen MR) is 97.1 cm³/mol. The van der Waals surface area contributed by atoms with Crippen LogP contribution >= 0.6 is 0 Å².